The van der Waals surface area contributed by atoms with Crippen LogP contribution in [0.5, 0.6) is 0 Å². The molecule has 3 rings (SSSR count). The summed E-state index contributed by atoms with van der Waals surface area (Å²) in [5.74, 6) is 0.0243. The first-order chi connectivity index (χ1) is 11.4. The fraction of sp³-hybridized carbons (Fsp3) is 0.533. The van der Waals surface area contributed by atoms with Crippen molar-refractivity contribution in [2.75, 3.05) is 32.7 Å². The average Bonchev–Trinajstić information content (AvgIpc) is 2.54. The number of hydrogen-bond donors (Lipinski definition) is 1. The lowest BCUT2D eigenvalue weighted by atomic mass is 10.1. The van der Waals surface area contributed by atoms with Crippen LogP contribution in [0.1, 0.15) is 12.8 Å². The highest BCUT2D eigenvalue weighted by atomic mass is 35.5. The molecule has 1 amide bonds. The number of halogens is 2. The van der Waals surface area contributed by atoms with Gasteiger partial charge in [0.15, 0.2) is 0 Å². The van der Waals surface area contributed by atoms with Crippen LogP contribution in [0.15, 0.2) is 23.1 Å². The Bertz CT molecular complexity index is 721. The van der Waals surface area contributed by atoms with E-state index in [1.54, 1.807) is 4.90 Å². The molecular weight excluding hydrogens is 373 g/mol. The normalized spacial score (nSPS) is 23.5. The van der Waals surface area contributed by atoms with Crippen molar-refractivity contribution in [2.24, 2.45) is 0 Å². The van der Waals surface area contributed by atoms with E-state index in [9.17, 15) is 13.2 Å². The molecule has 9 heteroatoms. The summed E-state index contributed by atoms with van der Waals surface area (Å²) < 4.78 is 27.2. The molecule has 0 saturated carbocycles. The van der Waals surface area contributed by atoms with Crippen molar-refractivity contribution >= 4 is 39.1 Å². The minimum atomic E-state index is -3.69. The SMILES string of the molecule is O=C1CNCCN1C1CCCN(S(=O)(=O)c2cc(Cl)cc(Cl)c2)C1. The van der Waals surface area contributed by atoms with Gasteiger partial charge in [-0.1, -0.05) is 23.2 Å². The molecule has 0 spiro atoms. The molecule has 2 heterocycles. The summed E-state index contributed by atoms with van der Waals surface area (Å²) in [5, 5.41) is 3.60. The highest BCUT2D eigenvalue weighted by molar-refractivity contribution is 7.89. The first-order valence-electron chi connectivity index (χ1n) is 7.84. The van der Waals surface area contributed by atoms with Crippen molar-refractivity contribution in [3.63, 3.8) is 0 Å². The van der Waals surface area contributed by atoms with E-state index < -0.39 is 10.0 Å². The lowest BCUT2D eigenvalue weighted by Crippen LogP contribution is -2.57. The van der Waals surface area contributed by atoms with Crippen molar-refractivity contribution in [1.82, 2.24) is 14.5 Å². The van der Waals surface area contributed by atoms with Gasteiger partial charge in [0.1, 0.15) is 0 Å². The van der Waals surface area contributed by atoms with Crippen LogP contribution in [0.25, 0.3) is 0 Å². The van der Waals surface area contributed by atoms with Gasteiger partial charge in [0.05, 0.1) is 11.4 Å². The highest BCUT2D eigenvalue weighted by Gasteiger charge is 2.35. The Balaban J connectivity index is 1.81. The van der Waals surface area contributed by atoms with Crippen LogP contribution in [0.3, 0.4) is 0 Å². The molecule has 24 heavy (non-hydrogen) atoms. The van der Waals surface area contributed by atoms with Crippen LogP contribution < -0.4 is 5.32 Å². The first-order valence-corrected chi connectivity index (χ1v) is 10.0. The number of piperidine rings is 1. The number of nitrogens with one attached hydrogen (secondary N) is 1. The van der Waals surface area contributed by atoms with Gasteiger partial charge in [-0.05, 0) is 31.0 Å². The molecule has 0 aliphatic carbocycles. The summed E-state index contributed by atoms with van der Waals surface area (Å²) in [6.07, 6.45) is 1.53. The van der Waals surface area contributed by atoms with E-state index in [0.29, 0.717) is 26.2 Å². The maximum Gasteiger partial charge on any atom is 0.243 e. The number of nitrogens with zero attached hydrogens (tertiary/aromatic N) is 2. The fourth-order valence-electron chi connectivity index (χ4n) is 3.23. The molecule has 132 valence electrons. The van der Waals surface area contributed by atoms with E-state index >= 15 is 0 Å². The van der Waals surface area contributed by atoms with Crippen LogP contribution >= 0.6 is 23.2 Å². The van der Waals surface area contributed by atoms with E-state index in [1.807, 2.05) is 0 Å². The van der Waals surface area contributed by atoms with Crippen molar-refractivity contribution in [3.05, 3.63) is 28.2 Å². The van der Waals surface area contributed by atoms with Gasteiger partial charge >= 0.3 is 0 Å². The van der Waals surface area contributed by atoms with Crippen LogP contribution in [-0.2, 0) is 14.8 Å². The van der Waals surface area contributed by atoms with Crippen LogP contribution in [-0.4, -0.2) is 62.3 Å². The van der Waals surface area contributed by atoms with Gasteiger partial charge in [-0.25, -0.2) is 8.42 Å². The maximum absolute atomic E-state index is 12.9. The average molecular weight is 392 g/mol. The molecule has 2 fully saturated rings. The number of benzene rings is 1. The molecule has 2 aliphatic heterocycles. The van der Waals surface area contributed by atoms with E-state index in [-0.39, 0.29) is 26.9 Å². The molecule has 1 N–H and O–H groups in total. The Morgan fingerprint density at radius 3 is 2.50 bits per heavy atom. The summed E-state index contributed by atoms with van der Waals surface area (Å²) in [4.78, 5) is 14.0. The molecule has 0 aromatic heterocycles. The van der Waals surface area contributed by atoms with Gasteiger partial charge in [-0.2, -0.15) is 4.31 Å². The van der Waals surface area contributed by atoms with E-state index in [0.717, 1.165) is 19.4 Å². The van der Waals surface area contributed by atoms with Gasteiger partial charge < -0.3 is 10.2 Å². The van der Waals surface area contributed by atoms with Gasteiger partial charge in [0.2, 0.25) is 15.9 Å². The predicted molar refractivity (Wildman–Crippen MR) is 92.8 cm³/mol. The Kier molecular flexibility index (Phi) is 5.36. The molecule has 6 nitrogen and oxygen atoms in total. The molecule has 1 atom stereocenters. The summed E-state index contributed by atoms with van der Waals surface area (Å²) in [7, 11) is -3.69. The third-order valence-electron chi connectivity index (χ3n) is 4.40. The van der Waals surface area contributed by atoms with E-state index in [2.05, 4.69) is 5.32 Å². The molecular formula is C15H19Cl2N3O3S. The number of amides is 1. The minimum absolute atomic E-state index is 0.0243. The minimum Gasteiger partial charge on any atom is -0.336 e. The molecule has 1 aromatic rings. The number of rotatable bonds is 3. The van der Waals surface area contributed by atoms with Gasteiger partial charge in [0, 0.05) is 42.3 Å². The lowest BCUT2D eigenvalue weighted by Gasteiger charge is -2.40. The second-order valence-corrected chi connectivity index (χ2v) is 8.84. The van der Waals surface area contributed by atoms with Crippen molar-refractivity contribution < 1.29 is 13.2 Å². The second-order valence-electron chi connectivity index (χ2n) is 6.03. The predicted octanol–water partition coefficient (Wildman–Crippen LogP) is 1.58. The number of piperazine rings is 1. The quantitative estimate of drug-likeness (QED) is 0.848. The summed E-state index contributed by atoms with van der Waals surface area (Å²) in [5.41, 5.74) is 0. The number of carbonyl (C=O) groups excluding carboxylic acids is 1. The number of sulfonamides is 1. The van der Waals surface area contributed by atoms with Gasteiger partial charge in [0.25, 0.3) is 0 Å². The fourth-order valence-corrected chi connectivity index (χ4v) is 5.47. The highest BCUT2D eigenvalue weighted by Crippen LogP contribution is 2.27. The van der Waals surface area contributed by atoms with Crippen LogP contribution in [0.2, 0.25) is 10.0 Å². The lowest BCUT2D eigenvalue weighted by molar-refractivity contribution is -0.135. The zero-order valence-corrected chi connectivity index (χ0v) is 15.4. The van der Waals surface area contributed by atoms with E-state index in [1.165, 1.54) is 22.5 Å². The monoisotopic (exact) mass is 391 g/mol. The zero-order chi connectivity index (χ0) is 17.3. The Morgan fingerprint density at radius 1 is 1.12 bits per heavy atom. The van der Waals surface area contributed by atoms with Crippen molar-refractivity contribution in [3.8, 4) is 0 Å². The third-order valence-corrected chi connectivity index (χ3v) is 6.68. The van der Waals surface area contributed by atoms with Gasteiger partial charge in [-0.3, -0.25) is 4.79 Å². The second kappa shape index (κ2) is 7.17. The molecule has 1 aromatic carbocycles. The zero-order valence-electron chi connectivity index (χ0n) is 13.0. The van der Waals surface area contributed by atoms with Crippen LogP contribution in [0.4, 0.5) is 0 Å². The molecule has 2 saturated heterocycles. The largest absolute Gasteiger partial charge is 0.336 e. The standard InChI is InChI=1S/C15H19Cl2N3O3S/c16-11-6-12(17)8-14(7-11)24(22,23)19-4-1-2-13(10-19)20-5-3-18-9-15(20)21/h6-8,13,18H,1-5,9-10H2. The smallest absolute Gasteiger partial charge is 0.243 e. The Morgan fingerprint density at radius 2 is 1.83 bits per heavy atom. The molecule has 0 bridgehead atoms. The van der Waals surface area contributed by atoms with Crippen molar-refractivity contribution in [2.45, 2.75) is 23.8 Å². The third kappa shape index (κ3) is 3.70. The Hall–Kier alpha value is -0.860. The summed E-state index contributed by atoms with van der Waals surface area (Å²) >= 11 is 11.9. The molecule has 2 aliphatic rings. The topological polar surface area (TPSA) is 69.7 Å². The first kappa shape index (κ1) is 17.9. The molecule has 0 radical (unpaired) electrons. The maximum atomic E-state index is 12.9. The van der Waals surface area contributed by atoms with E-state index in [4.69, 9.17) is 23.2 Å². The summed E-state index contributed by atoms with van der Waals surface area (Å²) in [6, 6.07) is 4.23. The number of carbonyl (C=O) groups is 1. The summed E-state index contributed by atoms with van der Waals surface area (Å²) in [6.45, 7) is 2.40. The van der Waals surface area contributed by atoms with Crippen molar-refractivity contribution in [1.29, 1.82) is 0 Å². The Labute approximate surface area is 151 Å². The number of hydrogen-bond acceptors (Lipinski definition) is 4. The molecule has 1 unspecified atom stereocenters. The van der Waals surface area contributed by atoms with Crippen LogP contribution in [0, 0.1) is 0 Å². The van der Waals surface area contributed by atoms with Gasteiger partial charge in [-0.15, -0.1) is 0 Å².